The summed E-state index contributed by atoms with van der Waals surface area (Å²) in [4.78, 5) is 15.2. The molecule has 0 aromatic carbocycles. The smallest absolute Gasteiger partial charge is 0.354 e. The van der Waals surface area contributed by atoms with Gasteiger partial charge in [0.1, 0.15) is 5.69 Å². The first kappa shape index (κ1) is 16.0. The lowest BCUT2D eigenvalue weighted by atomic mass is 10.3. The van der Waals surface area contributed by atoms with Gasteiger partial charge in [-0.3, -0.25) is 0 Å². The van der Waals surface area contributed by atoms with Gasteiger partial charge in [-0.05, 0) is 32.9 Å². The van der Waals surface area contributed by atoms with Crippen LogP contribution in [0.2, 0.25) is 0 Å². The van der Waals surface area contributed by atoms with Gasteiger partial charge >= 0.3 is 5.97 Å². The van der Waals surface area contributed by atoms with Crippen LogP contribution in [-0.4, -0.2) is 40.7 Å². The molecule has 0 unspecified atom stereocenters. The van der Waals surface area contributed by atoms with Crippen molar-refractivity contribution < 1.29 is 18.3 Å². The van der Waals surface area contributed by atoms with Gasteiger partial charge in [-0.2, -0.15) is 0 Å². The molecule has 0 atom stereocenters. The molecule has 0 saturated heterocycles. The quantitative estimate of drug-likeness (QED) is 0.838. The number of nitrogens with zero attached hydrogens (tertiary/aromatic N) is 1. The largest absolute Gasteiger partial charge is 0.477 e. The molecule has 1 rings (SSSR count). The van der Waals surface area contributed by atoms with Crippen molar-refractivity contribution in [2.24, 2.45) is 0 Å². The van der Waals surface area contributed by atoms with E-state index in [1.54, 1.807) is 26.8 Å². The lowest BCUT2D eigenvalue weighted by Gasteiger charge is -2.18. The van der Waals surface area contributed by atoms with E-state index in [1.165, 1.54) is 24.0 Å². The van der Waals surface area contributed by atoms with Crippen LogP contribution in [0, 0.1) is 0 Å². The normalized spacial score (nSPS) is 12.4. The van der Waals surface area contributed by atoms with Gasteiger partial charge in [-0.15, -0.1) is 11.8 Å². The first-order valence-corrected chi connectivity index (χ1v) is 8.32. The summed E-state index contributed by atoms with van der Waals surface area (Å²) in [6, 6.07) is 3.11. The highest BCUT2D eigenvalue weighted by Crippen LogP contribution is 2.22. The Morgan fingerprint density at radius 3 is 2.58 bits per heavy atom. The van der Waals surface area contributed by atoms with E-state index in [1.807, 2.05) is 0 Å². The first-order chi connectivity index (χ1) is 8.63. The maximum absolute atomic E-state index is 11.9. The Kier molecular flexibility index (Phi) is 4.98. The standard InChI is InChI=1S/C12H17NO4S2/c1-12(2,3)19(16,17)7-6-18-9-4-5-13-10(8-9)11(14)15/h4-5,8H,6-7H2,1-3H3,(H,14,15). The van der Waals surface area contributed by atoms with E-state index in [9.17, 15) is 13.2 Å². The lowest BCUT2D eigenvalue weighted by Crippen LogP contribution is -2.31. The van der Waals surface area contributed by atoms with E-state index in [-0.39, 0.29) is 11.4 Å². The molecule has 0 aliphatic carbocycles. The molecule has 5 nitrogen and oxygen atoms in total. The van der Waals surface area contributed by atoms with Crippen LogP contribution in [-0.2, 0) is 9.84 Å². The van der Waals surface area contributed by atoms with Crippen molar-refractivity contribution in [2.75, 3.05) is 11.5 Å². The van der Waals surface area contributed by atoms with Crippen molar-refractivity contribution in [1.29, 1.82) is 0 Å². The molecular weight excluding hydrogens is 286 g/mol. The van der Waals surface area contributed by atoms with Crippen LogP contribution in [0.5, 0.6) is 0 Å². The third-order valence-corrected chi connectivity index (χ3v) is 6.37. The molecule has 1 N–H and O–H groups in total. The highest BCUT2D eigenvalue weighted by atomic mass is 32.2. The summed E-state index contributed by atoms with van der Waals surface area (Å²) in [6.45, 7) is 5.01. The second-order valence-corrected chi connectivity index (χ2v) is 8.99. The molecule has 0 amide bonds. The minimum Gasteiger partial charge on any atom is -0.477 e. The maximum Gasteiger partial charge on any atom is 0.354 e. The van der Waals surface area contributed by atoms with Gasteiger partial charge in [0.25, 0.3) is 0 Å². The van der Waals surface area contributed by atoms with Crippen molar-refractivity contribution in [3.8, 4) is 0 Å². The Hall–Kier alpha value is -1.08. The van der Waals surface area contributed by atoms with Gasteiger partial charge < -0.3 is 5.11 Å². The molecule has 106 valence electrons. The minimum atomic E-state index is -3.15. The molecule has 1 heterocycles. The highest BCUT2D eigenvalue weighted by molar-refractivity contribution is 8.01. The summed E-state index contributed by atoms with van der Waals surface area (Å²) < 4.78 is 23.0. The van der Waals surface area contributed by atoms with E-state index in [4.69, 9.17) is 5.11 Å². The third-order valence-electron chi connectivity index (χ3n) is 2.50. The summed E-state index contributed by atoms with van der Waals surface area (Å²) in [5, 5.41) is 8.80. The lowest BCUT2D eigenvalue weighted by molar-refractivity contribution is 0.0690. The zero-order valence-electron chi connectivity index (χ0n) is 11.1. The predicted molar refractivity (Wildman–Crippen MR) is 75.5 cm³/mol. The monoisotopic (exact) mass is 303 g/mol. The van der Waals surface area contributed by atoms with Crippen LogP contribution in [0.1, 0.15) is 31.3 Å². The Bertz CT molecular complexity index is 561. The molecule has 0 aliphatic rings. The number of carboxylic acids is 1. The van der Waals surface area contributed by atoms with Crippen LogP contribution in [0.25, 0.3) is 0 Å². The molecule has 0 fully saturated rings. The van der Waals surface area contributed by atoms with Gasteiger partial charge in [0.15, 0.2) is 9.84 Å². The van der Waals surface area contributed by atoms with Gasteiger partial charge in [-0.25, -0.2) is 18.2 Å². The molecule has 0 radical (unpaired) electrons. The molecule has 0 bridgehead atoms. The molecule has 19 heavy (non-hydrogen) atoms. The zero-order valence-corrected chi connectivity index (χ0v) is 12.7. The Morgan fingerprint density at radius 2 is 2.05 bits per heavy atom. The number of hydrogen-bond acceptors (Lipinski definition) is 5. The van der Waals surface area contributed by atoms with Gasteiger partial charge in [0.05, 0.1) is 10.5 Å². The topological polar surface area (TPSA) is 84.3 Å². The van der Waals surface area contributed by atoms with Crippen LogP contribution in [0.15, 0.2) is 23.2 Å². The van der Waals surface area contributed by atoms with E-state index < -0.39 is 20.6 Å². The molecule has 1 aromatic heterocycles. The highest BCUT2D eigenvalue weighted by Gasteiger charge is 2.28. The third kappa shape index (κ3) is 4.50. The average molecular weight is 303 g/mol. The van der Waals surface area contributed by atoms with E-state index in [0.717, 1.165) is 0 Å². The number of carboxylic acid groups (broad SMARTS) is 1. The number of carbonyl (C=O) groups is 1. The Labute approximate surface area is 117 Å². The van der Waals surface area contributed by atoms with Crippen LogP contribution in [0.3, 0.4) is 0 Å². The predicted octanol–water partition coefficient (Wildman–Crippen LogP) is 2.09. The van der Waals surface area contributed by atoms with Crippen LogP contribution < -0.4 is 0 Å². The van der Waals surface area contributed by atoms with Crippen molar-refractivity contribution in [3.63, 3.8) is 0 Å². The summed E-state index contributed by atoms with van der Waals surface area (Å²) >= 11 is 1.31. The Morgan fingerprint density at radius 1 is 1.42 bits per heavy atom. The van der Waals surface area contributed by atoms with Crippen molar-refractivity contribution in [1.82, 2.24) is 4.98 Å². The summed E-state index contributed by atoms with van der Waals surface area (Å²) in [5.74, 6) is -0.640. The minimum absolute atomic E-state index is 0.0383. The van der Waals surface area contributed by atoms with Crippen molar-refractivity contribution in [2.45, 2.75) is 30.4 Å². The number of thioether (sulfide) groups is 1. The number of sulfone groups is 1. The molecular formula is C12H17NO4S2. The van der Waals surface area contributed by atoms with Crippen molar-refractivity contribution in [3.05, 3.63) is 24.0 Å². The number of hydrogen-bond donors (Lipinski definition) is 1. The van der Waals surface area contributed by atoms with E-state index in [2.05, 4.69) is 4.98 Å². The fraction of sp³-hybridized carbons (Fsp3) is 0.500. The average Bonchev–Trinajstić information content (AvgIpc) is 2.27. The SMILES string of the molecule is CC(C)(C)S(=O)(=O)CCSc1ccnc(C(=O)O)c1. The molecule has 7 heteroatoms. The van der Waals surface area contributed by atoms with E-state index >= 15 is 0 Å². The summed E-state index contributed by atoms with van der Waals surface area (Å²) in [6.07, 6.45) is 1.41. The van der Waals surface area contributed by atoms with Gasteiger partial charge in [-0.1, -0.05) is 0 Å². The molecule has 1 aromatic rings. The maximum atomic E-state index is 11.9. The number of aromatic nitrogens is 1. The first-order valence-electron chi connectivity index (χ1n) is 5.68. The van der Waals surface area contributed by atoms with Crippen LogP contribution in [0.4, 0.5) is 0 Å². The summed E-state index contributed by atoms with van der Waals surface area (Å²) in [7, 11) is -3.15. The van der Waals surface area contributed by atoms with Crippen molar-refractivity contribution >= 4 is 27.6 Å². The molecule has 0 spiro atoms. The second-order valence-electron chi connectivity index (χ2n) is 4.96. The fourth-order valence-electron chi connectivity index (χ4n) is 1.19. The second kappa shape index (κ2) is 5.92. The van der Waals surface area contributed by atoms with Gasteiger partial charge in [0.2, 0.25) is 0 Å². The number of pyridine rings is 1. The number of rotatable bonds is 5. The molecule has 0 saturated carbocycles. The fourth-order valence-corrected chi connectivity index (χ4v) is 3.60. The van der Waals surface area contributed by atoms with E-state index in [0.29, 0.717) is 10.6 Å². The Balaban J connectivity index is 2.64. The molecule has 0 aliphatic heterocycles. The van der Waals surface area contributed by atoms with Gasteiger partial charge in [0, 0.05) is 16.8 Å². The zero-order chi connectivity index (χ0) is 14.7. The number of aromatic carboxylic acids is 1. The van der Waals surface area contributed by atoms with Crippen LogP contribution >= 0.6 is 11.8 Å². The summed E-state index contributed by atoms with van der Waals surface area (Å²) in [5.41, 5.74) is -0.0383.